The fourth-order valence-electron chi connectivity index (χ4n) is 2.70. The van der Waals surface area contributed by atoms with Crippen molar-refractivity contribution in [2.24, 2.45) is 0 Å². The summed E-state index contributed by atoms with van der Waals surface area (Å²) >= 11 is 7.41. The molecule has 2 N–H and O–H groups in total. The van der Waals surface area contributed by atoms with Gasteiger partial charge in [-0.2, -0.15) is 0 Å². The summed E-state index contributed by atoms with van der Waals surface area (Å²) in [6, 6.07) is 3.20. The molecule has 0 spiro atoms. The van der Waals surface area contributed by atoms with Crippen molar-refractivity contribution in [3.05, 3.63) is 21.3 Å². The summed E-state index contributed by atoms with van der Waals surface area (Å²) in [5.41, 5.74) is 0. The Morgan fingerprint density at radius 2 is 2.04 bits per heavy atom. The Balaban J connectivity index is 1.77. The summed E-state index contributed by atoms with van der Waals surface area (Å²) in [4.78, 5) is 27.1. The van der Waals surface area contributed by atoms with E-state index in [-0.39, 0.29) is 18.0 Å². The molecule has 1 fully saturated rings. The maximum atomic E-state index is 12.2. The van der Waals surface area contributed by atoms with Crippen LogP contribution in [0.4, 0.5) is 4.79 Å². The average molecular weight is 358 g/mol. The number of rotatable bonds is 5. The molecule has 0 saturated heterocycles. The van der Waals surface area contributed by atoms with Crippen molar-refractivity contribution in [3.8, 4) is 0 Å². The molecule has 1 aromatic heterocycles. The van der Waals surface area contributed by atoms with E-state index < -0.39 is 6.04 Å². The predicted molar refractivity (Wildman–Crippen MR) is 93.8 cm³/mol. The van der Waals surface area contributed by atoms with Gasteiger partial charge >= 0.3 is 6.03 Å². The van der Waals surface area contributed by atoms with Gasteiger partial charge in [0.1, 0.15) is 0 Å². The standard InChI is InChI=1S/C16H24ClN3O2S/c1-11(20(2)10-13-8-9-14(17)23-13)15(21)19-16(22)18-12-6-4-3-5-7-12/h8-9,11-12H,3-7,10H2,1-2H3,(H2,18,19,21,22). The van der Waals surface area contributed by atoms with Crippen LogP contribution in [-0.4, -0.2) is 36.0 Å². The van der Waals surface area contributed by atoms with Crippen molar-refractivity contribution in [2.45, 2.75) is 57.7 Å². The van der Waals surface area contributed by atoms with Crippen molar-refractivity contribution in [1.82, 2.24) is 15.5 Å². The van der Waals surface area contributed by atoms with Gasteiger partial charge in [0.2, 0.25) is 5.91 Å². The van der Waals surface area contributed by atoms with Crippen LogP contribution in [0, 0.1) is 0 Å². The first-order valence-corrected chi connectivity index (χ1v) is 9.21. The number of nitrogens with one attached hydrogen (secondary N) is 2. The summed E-state index contributed by atoms with van der Waals surface area (Å²) in [5.74, 6) is -0.288. The Morgan fingerprint density at radius 1 is 1.35 bits per heavy atom. The van der Waals surface area contributed by atoms with Crippen molar-refractivity contribution >= 4 is 34.9 Å². The number of amides is 3. The van der Waals surface area contributed by atoms with Crippen LogP contribution in [0.3, 0.4) is 0 Å². The third-order valence-electron chi connectivity index (χ3n) is 4.25. The number of carbonyl (C=O) groups excluding carboxylic acids is 2. The zero-order valence-electron chi connectivity index (χ0n) is 13.6. The first-order valence-electron chi connectivity index (χ1n) is 8.01. The van der Waals surface area contributed by atoms with Gasteiger partial charge in [-0.15, -0.1) is 11.3 Å². The fourth-order valence-corrected chi connectivity index (χ4v) is 3.86. The number of carbonyl (C=O) groups is 2. The number of thiophene rings is 1. The lowest BCUT2D eigenvalue weighted by molar-refractivity contribution is -0.124. The quantitative estimate of drug-likeness (QED) is 0.849. The SMILES string of the molecule is CC(C(=O)NC(=O)NC1CCCCC1)N(C)Cc1ccc(Cl)s1. The topological polar surface area (TPSA) is 61.4 Å². The van der Waals surface area contributed by atoms with Crippen LogP contribution in [-0.2, 0) is 11.3 Å². The summed E-state index contributed by atoms with van der Waals surface area (Å²) < 4.78 is 0.734. The van der Waals surface area contributed by atoms with Crippen LogP contribution in [0.15, 0.2) is 12.1 Å². The highest BCUT2D eigenvalue weighted by Gasteiger charge is 2.22. The minimum Gasteiger partial charge on any atom is -0.335 e. The first kappa shape index (κ1) is 18.2. The van der Waals surface area contributed by atoms with Crippen LogP contribution in [0.2, 0.25) is 4.34 Å². The van der Waals surface area contributed by atoms with E-state index in [1.54, 1.807) is 6.92 Å². The molecule has 23 heavy (non-hydrogen) atoms. The van der Waals surface area contributed by atoms with Crippen molar-refractivity contribution < 1.29 is 9.59 Å². The number of likely N-dealkylation sites (N-methyl/N-ethyl adjacent to an activating group) is 1. The van der Waals surface area contributed by atoms with Crippen molar-refractivity contribution in [3.63, 3.8) is 0 Å². The second-order valence-corrected chi connectivity index (χ2v) is 7.89. The maximum absolute atomic E-state index is 12.2. The van der Waals surface area contributed by atoms with Crippen LogP contribution >= 0.6 is 22.9 Å². The molecule has 0 aliphatic heterocycles. The predicted octanol–water partition coefficient (Wildman–Crippen LogP) is 3.38. The number of halogens is 1. The Kier molecular flexibility index (Phi) is 6.87. The number of nitrogens with zero attached hydrogens (tertiary/aromatic N) is 1. The lowest BCUT2D eigenvalue weighted by atomic mass is 9.96. The molecule has 0 aromatic carbocycles. The van der Waals surface area contributed by atoms with Gasteiger partial charge in [-0.25, -0.2) is 4.79 Å². The molecule has 0 bridgehead atoms. The second-order valence-electron chi connectivity index (χ2n) is 6.09. The first-order chi connectivity index (χ1) is 11.0. The number of hydrogen-bond donors (Lipinski definition) is 2. The molecule has 7 heteroatoms. The molecule has 1 saturated carbocycles. The molecule has 1 unspecified atom stereocenters. The third-order valence-corrected chi connectivity index (χ3v) is 5.47. The van der Waals surface area contributed by atoms with Gasteiger partial charge in [0, 0.05) is 17.5 Å². The van der Waals surface area contributed by atoms with Gasteiger partial charge < -0.3 is 5.32 Å². The minimum absolute atomic E-state index is 0.192. The lowest BCUT2D eigenvalue weighted by Crippen LogP contribution is -2.50. The third kappa shape index (κ3) is 5.79. The highest BCUT2D eigenvalue weighted by molar-refractivity contribution is 7.16. The van der Waals surface area contributed by atoms with Crippen molar-refractivity contribution in [2.75, 3.05) is 7.05 Å². The van der Waals surface area contributed by atoms with E-state index in [2.05, 4.69) is 10.6 Å². The minimum atomic E-state index is -0.395. The van der Waals surface area contributed by atoms with E-state index >= 15 is 0 Å². The molecular formula is C16H24ClN3O2S. The fraction of sp³-hybridized carbons (Fsp3) is 0.625. The Morgan fingerprint density at radius 3 is 2.65 bits per heavy atom. The highest BCUT2D eigenvalue weighted by atomic mass is 35.5. The van der Waals surface area contributed by atoms with Gasteiger partial charge in [-0.1, -0.05) is 30.9 Å². The molecule has 5 nitrogen and oxygen atoms in total. The van der Waals surface area contributed by atoms with Gasteiger partial charge in [0.25, 0.3) is 0 Å². The van der Waals surface area contributed by atoms with Crippen LogP contribution < -0.4 is 10.6 Å². The molecule has 3 amide bonds. The zero-order chi connectivity index (χ0) is 16.8. The van der Waals surface area contributed by atoms with Crippen LogP contribution in [0.5, 0.6) is 0 Å². The number of hydrogen-bond acceptors (Lipinski definition) is 4. The maximum Gasteiger partial charge on any atom is 0.321 e. The normalized spacial score (nSPS) is 17.0. The molecule has 1 aromatic rings. The Bertz CT molecular complexity index is 543. The average Bonchev–Trinajstić information content (AvgIpc) is 2.92. The van der Waals surface area contributed by atoms with E-state index in [0.717, 1.165) is 34.9 Å². The molecule has 128 valence electrons. The van der Waals surface area contributed by atoms with Crippen LogP contribution in [0.1, 0.15) is 43.9 Å². The van der Waals surface area contributed by atoms with E-state index in [9.17, 15) is 9.59 Å². The van der Waals surface area contributed by atoms with Gasteiger partial charge in [0.15, 0.2) is 0 Å². The Labute approximate surface area is 146 Å². The monoisotopic (exact) mass is 357 g/mol. The van der Waals surface area contributed by atoms with Crippen LogP contribution in [0.25, 0.3) is 0 Å². The summed E-state index contributed by atoms with van der Waals surface area (Å²) in [6.07, 6.45) is 5.50. The second kappa shape index (κ2) is 8.66. The molecule has 1 aliphatic carbocycles. The largest absolute Gasteiger partial charge is 0.335 e. The van der Waals surface area contributed by atoms with E-state index in [1.807, 2.05) is 24.1 Å². The lowest BCUT2D eigenvalue weighted by Gasteiger charge is -2.25. The summed E-state index contributed by atoms with van der Waals surface area (Å²) in [7, 11) is 1.86. The van der Waals surface area contributed by atoms with E-state index in [0.29, 0.717) is 6.54 Å². The Hall–Kier alpha value is -1.11. The van der Waals surface area contributed by atoms with Crippen molar-refractivity contribution in [1.29, 1.82) is 0 Å². The highest BCUT2D eigenvalue weighted by Crippen LogP contribution is 2.22. The summed E-state index contributed by atoms with van der Waals surface area (Å²) in [5, 5.41) is 5.34. The van der Waals surface area contributed by atoms with Gasteiger partial charge in [-0.3, -0.25) is 15.0 Å². The molecule has 0 radical (unpaired) electrons. The van der Waals surface area contributed by atoms with Gasteiger partial charge in [-0.05, 0) is 38.9 Å². The zero-order valence-corrected chi connectivity index (χ0v) is 15.2. The number of urea groups is 1. The molecule has 2 rings (SSSR count). The molecule has 1 aliphatic rings. The van der Waals surface area contributed by atoms with E-state index in [4.69, 9.17) is 11.6 Å². The molecule has 1 atom stereocenters. The molecule has 1 heterocycles. The van der Waals surface area contributed by atoms with E-state index in [1.165, 1.54) is 17.8 Å². The van der Waals surface area contributed by atoms with Gasteiger partial charge in [0.05, 0.1) is 10.4 Å². The summed E-state index contributed by atoms with van der Waals surface area (Å²) in [6.45, 7) is 2.41. The molecular weight excluding hydrogens is 334 g/mol. The number of imide groups is 1. The smallest absolute Gasteiger partial charge is 0.321 e.